The van der Waals surface area contributed by atoms with Crippen molar-refractivity contribution in [2.45, 2.75) is 44.4 Å². The van der Waals surface area contributed by atoms with Gasteiger partial charge in [-0.05, 0) is 37.8 Å². The van der Waals surface area contributed by atoms with Crippen LogP contribution in [-0.4, -0.2) is 28.3 Å². The van der Waals surface area contributed by atoms with Gasteiger partial charge in [-0.2, -0.15) is 0 Å². The van der Waals surface area contributed by atoms with Crippen LogP contribution in [0.15, 0.2) is 24.3 Å². The van der Waals surface area contributed by atoms with Crippen LogP contribution in [0.5, 0.6) is 0 Å². The average molecular weight is 306 g/mol. The Morgan fingerprint density at radius 2 is 2.10 bits per heavy atom. The quantitative estimate of drug-likeness (QED) is 0.908. The number of rotatable bonds is 4. The summed E-state index contributed by atoms with van der Waals surface area (Å²) in [5, 5.41) is 12.2. The number of fused-ring (bicyclic) bond motifs is 1. The van der Waals surface area contributed by atoms with Crippen molar-refractivity contribution in [3.63, 3.8) is 0 Å². The molecule has 6 heteroatoms. The van der Waals surface area contributed by atoms with Crippen molar-refractivity contribution in [2.24, 2.45) is 0 Å². The highest BCUT2D eigenvalue weighted by molar-refractivity contribution is 7.18. The van der Waals surface area contributed by atoms with Gasteiger partial charge in [-0.3, -0.25) is 0 Å². The van der Waals surface area contributed by atoms with Gasteiger partial charge >= 0.3 is 6.09 Å². The van der Waals surface area contributed by atoms with E-state index in [1.165, 1.54) is 4.70 Å². The number of benzene rings is 1. The van der Waals surface area contributed by atoms with Crippen LogP contribution >= 0.6 is 11.3 Å². The SMILES string of the molecule is O=C(O)NC1CCC(OCc2nc3ccccc3s2)CC1. The molecule has 1 aliphatic carbocycles. The molecule has 0 unspecified atom stereocenters. The molecule has 0 saturated heterocycles. The fraction of sp³-hybridized carbons (Fsp3) is 0.467. The molecule has 1 amide bonds. The van der Waals surface area contributed by atoms with Gasteiger partial charge in [0.25, 0.3) is 0 Å². The maximum Gasteiger partial charge on any atom is 0.404 e. The molecule has 5 nitrogen and oxygen atoms in total. The van der Waals surface area contributed by atoms with Crippen molar-refractivity contribution in [3.8, 4) is 0 Å². The van der Waals surface area contributed by atoms with Gasteiger partial charge in [0.15, 0.2) is 0 Å². The number of aromatic nitrogens is 1. The number of hydrogen-bond acceptors (Lipinski definition) is 4. The van der Waals surface area contributed by atoms with E-state index in [-0.39, 0.29) is 12.1 Å². The second-order valence-corrected chi connectivity index (χ2v) is 6.42. The molecule has 0 atom stereocenters. The van der Waals surface area contributed by atoms with E-state index in [0.717, 1.165) is 36.2 Å². The van der Waals surface area contributed by atoms with Gasteiger partial charge in [0.1, 0.15) is 5.01 Å². The highest BCUT2D eigenvalue weighted by Crippen LogP contribution is 2.25. The van der Waals surface area contributed by atoms with E-state index < -0.39 is 6.09 Å². The largest absolute Gasteiger partial charge is 0.465 e. The molecule has 0 spiro atoms. The Balaban J connectivity index is 1.49. The highest BCUT2D eigenvalue weighted by atomic mass is 32.1. The maximum atomic E-state index is 10.6. The Morgan fingerprint density at radius 1 is 1.33 bits per heavy atom. The number of nitrogens with zero attached hydrogens (tertiary/aromatic N) is 1. The summed E-state index contributed by atoms with van der Waals surface area (Å²) in [4.78, 5) is 15.2. The lowest BCUT2D eigenvalue weighted by atomic mass is 9.93. The zero-order valence-electron chi connectivity index (χ0n) is 11.6. The lowest BCUT2D eigenvalue weighted by Crippen LogP contribution is -2.38. The maximum absolute atomic E-state index is 10.6. The Morgan fingerprint density at radius 3 is 2.81 bits per heavy atom. The van der Waals surface area contributed by atoms with E-state index in [9.17, 15) is 4.79 Å². The number of nitrogens with one attached hydrogen (secondary N) is 1. The normalized spacial score (nSPS) is 22.3. The van der Waals surface area contributed by atoms with Gasteiger partial charge in [0.05, 0.1) is 22.9 Å². The lowest BCUT2D eigenvalue weighted by molar-refractivity contribution is 0.0115. The van der Waals surface area contributed by atoms with Crippen LogP contribution in [0, 0.1) is 0 Å². The molecule has 0 aliphatic heterocycles. The smallest absolute Gasteiger partial charge is 0.404 e. The molecule has 0 bridgehead atoms. The fourth-order valence-electron chi connectivity index (χ4n) is 2.72. The molecule has 3 rings (SSSR count). The number of carbonyl (C=O) groups is 1. The van der Waals surface area contributed by atoms with E-state index in [1.807, 2.05) is 18.2 Å². The summed E-state index contributed by atoms with van der Waals surface area (Å²) in [5.74, 6) is 0. The average Bonchev–Trinajstić information content (AvgIpc) is 2.89. The van der Waals surface area contributed by atoms with E-state index in [4.69, 9.17) is 9.84 Å². The Kier molecular flexibility index (Phi) is 4.36. The first-order valence-corrected chi connectivity index (χ1v) is 7.98. The predicted octanol–water partition coefficient (Wildman–Crippen LogP) is 3.39. The van der Waals surface area contributed by atoms with Crippen LogP contribution in [0.4, 0.5) is 4.79 Å². The van der Waals surface area contributed by atoms with Gasteiger partial charge in [0, 0.05) is 6.04 Å². The molecule has 1 aromatic carbocycles. The third-order valence-electron chi connectivity index (χ3n) is 3.78. The first-order chi connectivity index (χ1) is 10.2. The van der Waals surface area contributed by atoms with Crippen molar-refractivity contribution in [1.29, 1.82) is 0 Å². The summed E-state index contributed by atoms with van der Waals surface area (Å²) in [5.41, 5.74) is 1.02. The molecule has 21 heavy (non-hydrogen) atoms. The number of thiazole rings is 1. The van der Waals surface area contributed by atoms with Crippen LogP contribution in [0.3, 0.4) is 0 Å². The number of carboxylic acid groups (broad SMARTS) is 1. The second kappa shape index (κ2) is 6.41. The summed E-state index contributed by atoms with van der Waals surface area (Å²) >= 11 is 1.67. The van der Waals surface area contributed by atoms with Gasteiger partial charge in [0.2, 0.25) is 0 Å². The molecule has 1 saturated carbocycles. The molecule has 1 aliphatic rings. The minimum Gasteiger partial charge on any atom is -0.465 e. The molecular formula is C15H18N2O3S. The molecule has 0 radical (unpaired) electrons. The number of ether oxygens (including phenoxy) is 1. The van der Waals surface area contributed by atoms with E-state index in [2.05, 4.69) is 16.4 Å². The van der Waals surface area contributed by atoms with E-state index in [1.54, 1.807) is 11.3 Å². The van der Waals surface area contributed by atoms with Crippen LogP contribution in [0.1, 0.15) is 30.7 Å². The van der Waals surface area contributed by atoms with Crippen molar-refractivity contribution < 1.29 is 14.6 Å². The zero-order valence-corrected chi connectivity index (χ0v) is 12.4. The fourth-order valence-corrected chi connectivity index (χ4v) is 3.61. The van der Waals surface area contributed by atoms with Crippen LogP contribution in [-0.2, 0) is 11.3 Å². The minimum atomic E-state index is -0.936. The predicted molar refractivity (Wildman–Crippen MR) is 81.6 cm³/mol. The molecule has 2 N–H and O–H groups in total. The lowest BCUT2D eigenvalue weighted by Gasteiger charge is -2.28. The summed E-state index contributed by atoms with van der Waals surface area (Å²) in [7, 11) is 0. The van der Waals surface area contributed by atoms with Crippen molar-refractivity contribution in [1.82, 2.24) is 10.3 Å². The molecule has 112 valence electrons. The van der Waals surface area contributed by atoms with Gasteiger partial charge in [-0.15, -0.1) is 11.3 Å². The zero-order chi connectivity index (χ0) is 14.7. The van der Waals surface area contributed by atoms with Gasteiger partial charge in [-0.1, -0.05) is 12.1 Å². The summed E-state index contributed by atoms with van der Waals surface area (Å²) in [6, 6.07) is 8.16. The van der Waals surface area contributed by atoms with Gasteiger partial charge < -0.3 is 15.2 Å². The molecule has 2 aromatic rings. The van der Waals surface area contributed by atoms with Crippen molar-refractivity contribution in [2.75, 3.05) is 0 Å². The Labute approximate surface area is 127 Å². The third-order valence-corrected chi connectivity index (χ3v) is 4.79. The first kappa shape index (κ1) is 14.3. The number of amides is 1. The van der Waals surface area contributed by atoms with E-state index >= 15 is 0 Å². The summed E-state index contributed by atoms with van der Waals surface area (Å²) in [6.45, 7) is 0.543. The van der Waals surface area contributed by atoms with Gasteiger partial charge in [-0.25, -0.2) is 9.78 Å². The van der Waals surface area contributed by atoms with Crippen molar-refractivity contribution in [3.05, 3.63) is 29.3 Å². The monoisotopic (exact) mass is 306 g/mol. The second-order valence-electron chi connectivity index (χ2n) is 5.31. The molecular weight excluding hydrogens is 288 g/mol. The number of hydrogen-bond donors (Lipinski definition) is 2. The third kappa shape index (κ3) is 3.71. The first-order valence-electron chi connectivity index (χ1n) is 7.16. The van der Waals surface area contributed by atoms with Crippen LogP contribution in [0.25, 0.3) is 10.2 Å². The minimum absolute atomic E-state index is 0.0739. The van der Waals surface area contributed by atoms with Crippen LogP contribution in [0.2, 0.25) is 0 Å². The molecule has 1 aromatic heterocycles. The molecule has 1 fully saturated rings. The molecule has 1 heterocycles. The topological polar surface area (TPSA) is 71.5 Å². The highest BCUT2D eigenvalue weighted by Gasteiger charge is 2.22. The summed E-state index contributed by atoms with van der Waals surface area (Å²) < 4.78 is 7.11. The Bertz CT molecular complexity index is 587. The van der Waals surface area contributed by atoms with E-state index in [0.29, 0.717) is 6.61 Å². The van der Waals surface area contributed by atoms with Crippen LogP contribution < -0.4 is 5.32 Å². The summed E-state index contributed by atoms with van der Waals surface area (Å²) in [6.07, 6.45) is 2.76. The van der Waals surface area contributed by atoms with Crippen molar-refractivity contribution >= 4 is 27.6 Å². The Hall–Kier alpha value is -1.66. The standard InChI is InChI=1S/C15H18N2O3S/c18-15(19)16-10-5-7-11(8-6-10)20-9-14-17-12-3-1-2-4-13(12)21-14/h1-4,10-11,16H,5-9H2,(H,18,19). The number of para-hydroxylation sites is 1.